The number of methoxy groups -OCH3 is 1. The Labute approximate surface area is 95.5 Å². The molecule has 0 amide bonds. The normalized spacial score (nSPS) is 18.7. The lowest BCUT2D eigenvalue weighted by molar-refractivity contribution is -0.147. The molecule has 1 N–H and O–H groups in total. The summed E-state index contributed by atoms with van der Waals surface area (Å²) in [5, 5.41) is 2.97. The minimum Gasteiger partial charge on any atom is -0.468 e. The van der Waals surface area contributed by atoms with Gasteiger partial charge in [-0.15, -0.1) is 0 Å². The molecule has 1 aliphatic carbocycles. The fourth-order valence-electron chi connectivity index (χ4n) is 1.56. The topological polar surface area (TPSA) is 64.6 Å². The number of hydrogen-bond acceptors (Lipinski definition) is 5. The van der Waals surface area contributed by atoms with Crippen molar-refractivity contribution < 1.29 is 19.1 Å². The van der Waals surface area contributed by atoms with E-state index in [2.05, 4.69) is 5.32 Å². The number of rotatable bonds is 6. The van der Waals surface area contributed by atoms with Gasteiger partial charge < -0.3 is 9.47 Å². The standard InChI is InChI=1S/C11H19NO4/c1-4-16-10(13)7(2)12-9(8-5-6-8)11(14)15-3/h7-9,12H,4-6H2,1-3H3. The first kappa shape index (κ1) is 13.0. The minimum absolute atomic E-state index is 0.296. The summed E-state index contributed by atoms with van der Waals surface area (Å²) in [5.41, 5.74) is 0. The lowest BCUT2D eigenvalue weighted by Gasteiger charge is -2.19. The lowest BCUT2D eigenvalue weighted by atomic mass is 10.1. The van der Waals surface area contributed by atoms with E-state index in [1.54, 1.807) is 13.8 Å². The van der Waals surface area contributed by atoms with E-state index < -0.39 is 6.04 Å². The van der Waals surface area contributed by atoms with E-state index in [-0.39, 0.29) is 18.0 Å². The van der Waals surface area contributed by atoms with E-state index in [0.29, 0.717) is 12.5 Å². The predicted octanol–water partition coefficient (Wildman–Crippen LogP) is 0.479. The maximum atomic E-state index is 11.5. The molecule has 92 valence electrons. The quantitative estimate of drug-likeness (QED) is 0.671. The van der Waals surface area contributed by atoms with Crippen LogP contribution in [0.1, 0.15) is 26.7 Å². The van der Waals surface area contributed by atoms with Crippen LogP contribution < -0.4 is 5.32 Å². The molecule has 0 heterocycles. The maximum Gasteiger partial charge on any atom is 0.323 e. The smallest absolute Gasteiger partial charge is 0.323 e. The number of ether oxygens (including phenoxy) is 2. The maximum absolute atomic E-state index is 11.5. The molecular formula is C11H19NO4. The first-order valence-corrected chi connectivity index (χ1v) is 5.60. The highest BCUT2D eigenvalue weighted by atomic mass is 16.5. The molecule has 0 aliphatic heterocycles. The van der Waals surface area contributed by atoms with Gasteiger partial charge in [0.05, 0.1) is 13.7 Å². The van der Waals surface area contributed by atoms with Gasteiger partial charge in [0.1, 0.15) is 12.1 Å². The van der Waals surface area contributed by atoms with Gasteiger partial charge >= 0.3 is 11.9 Å². The predicted molar refractivity (Wildman–Crippen MR) is 57.8 cm³/mol. The van der Waals surface area contributed by atoms with Crippen molar-refractivity contribution in [2.45, 2.75) is 38.8 Å². The summed E-state index contributed by atoms with van der Waals surface area (Å²) >= 11 is 0. The van der Waals surface area contributed by atoms with Gasteiger partial charge in [-0.1, -0.05) is 0 Å². The van der Waals surface area contributed by atoms with Gasteiger partial charge in [-0.2, -0.15) is 0 Å². The van der Waals surface area contributed by atoms with Crippen LogP contribution in [0.3, 0.4) is 0 Å². The number of hydrogen-bond donors (Lipinski definition) is 1. The zero-order valence-electron chi connectivity index (χ0n) is 9.99. The fraction of sp³-hybridized carbons (Fsp3) is 0.818. The van der Waals surface area contributed by atoms with Gasteiger partial charge in [0, 0.05) is 0 Å². The Morgan fingerprint density at radius 2 is 2.00 bits per heavy atom. The molecule has 0 bridgehead atoms. The second-order valence-corrected chi connectivity index (χ2v) is 3.98. The van der Waals surface area contributed by atoms with Crippen LogP contribution in [-0.2, 0) is 19.1 Å². The third-order valence-electron chi connectivity index (χ3n) is 2.62. The van der Waals surface area contributed by atoms with E-state index in [9.17, 15) is 9.59 Å². The van der Waals surface area contributed by atoms with E-state index in [1.807, 2.05) is 0 Å². The average Bonchev–Trinajstić information content (AvgIpc) is 3.08. The molecule has 0 aromatic carbocycles. The molecule has 1 aliphatic rings. The van der Waals surface area contributed by atoms with Crippen LogP contribution >= 0.6 is 0 Å². The molecule has 2 atom stereocenters. The van der Waals surface area contributed by atoms with Crippen molar-refractivity contribution in [2.24, 2.45) is 5.92 Å². The SMILES string of the molecule is CCOC(=O)C(C)NC(C(=O)OC)C1CC1. The molecule has 5 nitrogen and oxygen atoms in total. The Morgan fingerprint density at radius 3 is 2.44 bits per heavy atom. The highest BCUT2D eigenvalue weighted by Crippen LogP contribution is 2.33. The molecule has 2 unspecified atom stereocenters. The molecule has 5 heteroatoms. The second kappa shape index (κ2) is 5.84. The molecule has 1 fully saturated rings. The number of esters is 2. The van der Waals surface area contributed by atoms with Gasteiger partial charge in [0.15, 0.2) is 0 Å². The van der Waals surface area contributed by atoms with Crippen LogP contribution in [0, 0.1) is 5.92 Å². The summed E-state index contributed by atoms with van der Waals surface area (Å²) in [7, 11) is 1.36. The molecule has 0 saturated heterocycles. The van der Waals surface area contributed by atoms with E-state index >= 15 is 0 Å². The second-order valence-electron chi connectivity index (χ2n) is 3.98. The zero-order chi connectivity index (χ0) is 12.1. The molecule has 0 spiro atoms. The Bertz CT molecular complexity index is 263. The van der Waals surface area contributed by atoms with Crippen LogP contribution in [0.4, 0.5) is 0 Å². The van der Waals surface area contributed by atoms with Gasteiger partial charge in [-0.3, -0.25) is 14.9 Å². The molecule has 0 radical (unpaired) electrons. The summed E-state index contributed by atoms with van der Waals surface area (Å²) in [6, 6.07) is -0.867. The summed E-state index contributed by atoms with van der Waals surface area (Å²) in [6.45, 7) is 3.79. The van der Waals surface area contributed by atoms with Crippen molar-refractivity contribution in [1.82, 2.24) is 5.32 Å². The van der Waals surface area contributed by atoms with E-state index in [4.69, 9.17) is 9.47 Å². The third kappa shape index (κ3) is 3.48. The number of carbonyl (C=O) groups is 2. The Kier molecular flexibility index (Phi) is 4.73. The minimum atomic E-state index is -0.482. The Hall–Kier alpha value is -1.10. The molecule has 16 heavy (non-hydrogen) atoms. The first-order chi connectivity index (χ1) is 7.60. The summed E-state index contributed by atoms with van der Waals surface area (Å²) in [6.07, 6.45) is 2.00. The van der Waals surface area contributed by atoms with Crippen LogP contribution in [0.15, 0.2) is 0 Å². The highest BCUT2D eigenvalue weighted by molar-refractivity contribution is 5.79. The molecule has 1 saturated carbocycles. The lowest BCUT2D eigenvalue weighted by Crippen LogP contribution is -2.47. The molecule has 0 aromatic rings. The molecule has 0 aromatic heterocycles. The summed E-state index contributed by atoms with van der Waals surface area (Å²) in [4.78, 5) is 22.9. The monoisotopic (exact) mass is 229 g/mol. The van der Waals surface area contributed by atoms with Crippen LogP contribution in [-0.4, -0.2) is 37.7 Å². The van der Waals surface area contributed by atoms with Crippen LogP contribution in [0.25, 0.3) is 0 Å². The fourth-order valence-corrected chi connectivity index (χ4v) is 1.56. The summed E-state index contributed by atoms with van der Waals surface area (Å²) in [5.74, 6) is -0.347. The number of carbonyl (C=O) groups excluding carboxylic acids is 2. The average molecular weight is 229 g/mol. The highest BCUT2D eigenvalue weighted by Gasteiger charge is 2.38. The van der Waals surface area contributed by atoms with Gasteiger partial charge in [-0.05, 0) is 32.6 Å². The summed E-state index contributed by atoms with van der Waals surface area (Å²) < 4.78 is 9.57. The van der Waals surface area contributed by atoms with Crippen molar-refractivity contribution in [3.05, 3.63) is 0 Å². The van der Waals surface area contributed by atoms with Gasteiger partial charge in [0.2, 0.25) is 0 Å². The molecule has 1 rings (SSSR count). The van der Waals surface area contributed by atoms with Crippen molar-refractivity contribution in [2.75, 3.05) is 13.7 Å². The van der Waals surface area contributed by atoms with Crippen molar-refractivity contribution in [3.63, 3.8) is 0 Å². The molecular weight excluding hydrogens is 210 g/mol. The van der Waals surface area contributed by atoms with Crippen molar-refractivity contribution in [1.29, 1.82) is 0 Å². The Balaban J connectivity index is 2.47. The number of nitrogens with one attached hydrogen (secondary N) is 1. The van der Waals surface area contributed by atoms with Crippen LogP contribution in [0.5, 0.6) is 0 Å². The largest absolute Gasteiger partial charge is 0.468 e. The van der Waals surface area contributed by atoms with Gasteiger partial charge in [-0.25, -0.2) is 0 Å². The van der Waals surface area contributed by atoms with E-state index in [0.717, 1.165) is 12.8 Å². The van der Waals surface area contributed by atoms with Crippen LogP contribution in [0.2, 0.25) is 0 Å². The van der Waals surface area contributed by atoms with E-state index in [1.165, 1.54) is 7.11 Å². The first-order valence-electron chi connectivity index (χ1n) is 5.60. The third-order valence-corrected chi connectivity index (χ3v) is 2.62. The Morgan fingerprint density at radius 1 is 1.38 bits per heavy atom. The van der Waals surface area contributed by atoms with Crippen molar-refractivity contribution in [3.8, 4) is 0 Å². The van der Waals surface area contributed by atoms with Crippen molar-refractivity contribution >= 4 is 11.9 Å². The van der Waals surface area contributed by atoms with Gasteiger partial charge in [0.25, 0.3) is 0 Å². The zero-order valence-corrected chi connectivity index (χ0v) is 9.99.